The number of ether oxygens (including phenoxy) is 1. The van der Waals surface area contributed by atoms with Crippen LogP contribution < -0.4 is 10.6 Å². The van der Waals surface area contributed by atoms with Gasteiger partial charge in [-0.2, -0.15) is 0 Å². The first-order valence-electron chi connectivity index (χ1n) is 9.18. The standard InChI is InChI=1S/C19H30N4O/c1-3-20-19(21-11-16-8-5-4-7-15(16)2)22-12-18-13-23-10-6-9-17(23)14-24-18/h4-5,7-8,17-18H,3,6,9-14H2,1-2H3,(H2,20,21,22). The maximum Gasteiger partial charge on any atom is 0.191 e. The number of morpholine rings is 1. The Labute approximate surface area is 145 Å². The Kier molecular flexibility index (Phi) is 6.10. The molecule has 2 saturated heterocycles. The summed E-state index contributed by atoms with van der Waals surface area (Å²) in [5.41, 5.74) is 2.55. The van der Waals surface area contributed by atoms with E-state index in [1.807, 2.05) is 0 Å². The van der Waals surface area contributed by atoms with Crippen LogP contribution in [0.4, 0.5) is 0 Å². The summed E-state index contributed by atoms with van der Waals surface area (Å²) in [6.07, 6.45) is 2.86. The van der Waals surface area contributed by atoms with Crippen molar-refractivity contribution in [2.24, 2.45) is 4.99 Å². The van der Waals surface area contributed by atoms with E-state index in [0.29, 0.717) is 12.6 Å². The van der Waals surface area contributed by atoms with Crippen LogP contribution >= 0.6 is 0 Å². The first kappa shape index (κ1) is 17.2. The third-order valence-corrected chi connectivity index (χ3v) is 4.97. The summed E-state index contributed by atoms with van der Waals surface area (Å²) < 4.78 is 6.02. The largest absolute Gasteiger partial charge is 0.373 e. The number of nitrogens with zero attached hydrogens (tertiary/aromatic N) is 2. The van der Waals surface area contributed by atoms with Crippen LogP contribution in [0.5, 0.6) is 0 Å². The van der Waals surface area contributed by atoms with E-state index < -0.39 is 0 Å². The molecule has 1 aromatic rings. The van der Waals surface area contributed by atoms with E-state index in [1.54, 1.807) is 0 Å². The fourth-order valence-electron chi connectivity index (χ4n) is 3.51. The van der Waals surface area contributed by atoms with Gasteiger partial charge in [-0.15, -0.1) is 0 Å². The van der Waals surface area contributed by atoms with Crippen molar-refractivity contribution in [1.29, 1.82) is 0 Å². The highest BCUT2D eigenvalue weighted by Gasteiger charge is 2.32. The predicted octanol–water partition coefficient (Wildman–Crippen LogP) is 1.91. The van der Waals surface area contributed by atoms with Gasteiger partial charge in [0.25, 0.3) is 0 Å². The average Bonchev–Trinajstić information content (AvgIpc) is 3.06. The number of fused-ring (bicyclic) bond motifs is 1. The van der Waals surface area contributed by atoms with Crippen molar-refractivity contribution in [3.05, 3.63) is 35.4 Å². The van der Waals surface area contributed by atoms with Crippen LogP contribution in [0.3, 0.4) is 0 Å². The van der Waals surface area contributed by atoms with Gasteiger partial charge in [0.15, 0.2) is 5.96 Å². The first-order valence-corrected chi connectivity index (χ1v) is 9.18. The Balaban J connectivity index is 1.52. The van der Waals surface area contributed by atoms with Gasteiger partial charge in [-0.05, 0) is 44.4 Å². The minimum atomic E-state index is 0.252. The van der Waals surface area contributed by atoms with E-state index in [9.17, 15) is 0 Å². The molecule has 0 radical (unpaired) electrons. The summed E-state index contributed by atoms with van der Waals surface area (Å²) in [7, 11) is 0. The zero-order chi connectivity index (χ0) is 16.8. The summed E-state index contributed by atoms with van der Waals surface area (Å²) in [6, 6.07) is 9.07. The van der Waals surface area contributed by atoms with Gasteiger partial charge in [-0.3, -0.25) is 4.90 Å². The van der Waals surface area contributed by atoms with E-state index in [2.05, 4.69) is 53.6 Å². The molecule has 24 heavy (non-hydrogen) atoms. The number of rotatable bonds is 5. The fraction of sp³-hybridized carbons (Fsp3) is 0.632. The van der Waals surface area contributed by atoms with Gasteiger partial charge in [0.05, 0.1) is 19.3 Å². The van der Waals surface area contributed by atoms with Crippen LogP contribution in [0.2, 0.25) is 0 Å². The lowest BCUT2D eigenvalue weighted by atomic mass is 10.1. The molecule has 5 nitrogen and oxygen atoms in total. The third kappa shape index (κ3) is 4.48. The monoisotopic (exact) mass is 330 g/mol. The van der Waals surface area contributed by atoms with Gasteiger partial charge in [0.1, 0.15) is 0 Å². The van der Waals surface area contributed by atoms with Gasteiger partial charge >= 0.3 is 0 Å². The maximum absolute atomic E-state index is 6.02. The molecule has 0 aliphatic carbocycles. The molecule has 2 aliphatic rings. The van der Waals surface area contributed by atoms with Gasteiger partial charge in [-0.25, -0.2) is 4.99 Å². The summed E-state index contributed by atoms with van der Waals surface area (Å²) in [5.74, 6) is 0.868. The van der Waals surface area contributed by atoms with Crippen LogP contribution in [-0.2, 0) is 11.3 Å². The van der Waals surface area contributed by atoms with Crippen molar-refractivity contribution in [2.45, 2.75) is 45.4 Å². The molecule has 0 saturated carbocycles. The molecule has 0 amide bonds. The molecule has 5 heteroatoms. The molecular weight excluding hydrogens is 300 g/mol. The second-order valence-corrected chi connectivity index (χ2v) is 6.75. The quantitative estimate of drug-likeness (QED) is 0.640. The van der Waals surface area contributed by atoms with Crippen LogP contribution in [-0.4, -0.2) is 55.8 Å². The average molecular weight is 330 g/mol. The topological polar surface area (TPSA) is 48.9 Å². The van der Waals surface area contributed by atoms with Crippen molar-refractivity contribution in [2.75, 3.05) is 32.8 Å². The van der Waals surface area contributed by atoms with Crippen LogP contribution in [0.15, 0.2) is 29.3 Å². The smallest absolute Gasteiger partial charge is 0.191 e. The first-order chi connectivity index (χ1) is 11.8. The van der Waals surface area contributed by atoms with E-state index in [-0.39, 0.29) is 6.10 Å². The van der Waals surface area contributed by atoms with Gasteiger partial charge in [-0.1, -0.05) is 24.3 Å². The van der Waals surface area contributed by atoms with E-state index in [0.717, 1.165) is 32.2 Å². The van der Waals surface area contributed by atoms with E-state index in [1.165, 1.54) is 30.5 Å². The summed E-state index contributed by atoms with van der Waals surface area (Å²) in [4.78, 5) is 7.30. The fourth-order valence-corrected chi connectivity index (χ4v) is 3.51. The minimum Gasteiger partial charge on any atom is -0.373 e. The SMILES string of the molecule is CCNC(=NCc1ccccc1C)NCC1CN2CCCC2CO1. The maximum atomic E-state index is 6.02. The summed E-state index contributed by atoms with van der Waals surface area (Å²) in [6.45, 7) is 9.73. The van der Waals surface area contributed by atoms with Crippen LogP contribution in [0, 0.1) is 6.92 Å². The lowest BCUT2D eigenvalue weighted by Gasteiger charge is -2.35. The van der Waals surface area contributed by atoms with Crippen molar-refractivity contribution in [3.8, 4) is 0 Å². The Morgan fingerprint density at radius 2 is 2.21 bits per heavy atom. The Hall–Kier alpha value is -1.59. The van der Waals surface area contributed by atoms with Crippen molar-refractivity contribution < 1.29 is 4.74 Å². The highest BCUT2D eigenvalue weighted by molar-refractivity contribution is 5.79. The molecular formula is C19H30N4O. The van der Waals surface area contributed by atoms with Crippen molar-refractivity contribution >= 4 is 5.96 Å². The number of aliphatic imine (C=N–C) groups is 1. The lowest BCUT2D eigenvalue weighted by molar-refractivity contribution is -0.0453. The van der Waals surface area contributed by atoms with Gasteiger partial charge < -0.3 is 15.4 Å². The molecule has 132 valence electrons. The molecule has 0 bridgehead atoms. The van der Waals surface area contributed by atoms with Crippen molar-refractivity contribution in [1.82, 2.24) is 15.5 Å². The molecule has 1 aromatic carbocycles. The highest BCUT2D eigenvalue weighted by Crippen LogP contribution is 2.22. The second-order valence-electron chi connectivity index (χ2n) is 6.75. The number of aryl methyl sites for hydroxylation is 1. The van der Waals surface area contributed by atoms with E-state index in [4.69, 9.17) is 9.73 Å². The van der Waals surface area contributed by atoms with E-state index >= 15 is 0 Å². The van der Waals surface area contributed by atoms with Gasteiger partial charge in [0, 0.05) is 25.7 Å². The summed E-state index contributed by atoms with van der Waals surface area (Å²) in [5, 5.41) is 6.78. The summed E-state index contributed by atoms with van der Waals surface area (Å²) >= 11 is 0. The second kappa shape index (κ2) is 8.49. The number of guanidine groups is 1. The third-order valence-electron chi connectivity index (χ3n) is 4.97. The number of benzene rings is 1. The molecule has 2 N–H and O–H groups in total. The molecule has 2 heterocycles. The molecule has 3 rings (SSSR count). The molecule has 0 spiro atoms. The van der Waals surface area contributed by atoms with Gasteiger partial charge in [0.2, 0.25) is 0 Å². The Morgan fingerprint density at radius 1 is 1.33 bits per heavy atom. The lowest BCUT2D eigenvalue weighted by Crippen LogP contribution is -2.51. The normalized spacial score (nSPS) is 24.7. The van der Waals surface area contributed by atoms with Crippen LogP contribution in [0.1, 0.15) is 30.9 Å². The highest BCUT2D eigenvalue weighted by atomic mass is 16.5. The molecule has 2 unspecified atom stereocenters. The Bertz CT molecular complexity index is 560. The molecule has 0 aromatic heterocycles. The zero-order valence-corrected chi connectivity index (χ0v) is 14.9. The molecule has 2 atom stereocenters. The molecule has 2 fully saturated rings. The molecule has 2 aliphatic heterocycles. The zero-order valence-electron chi connectivity index (χ0n) is 14.9. The number of hydrogen-bond acceptors (Lipinski definition) is 3. The number of hydrogen-bond donors (Lipinski definition) is 2. The predicted molar refractivity (Wildman–Crippen MR) is 98.3 cm³/mol. The van der Waals surface area contributed by atoms with Crippen LogP contribution in [0.25, 0.3) is 0 Å². The number of nitrogens with one attached hydrogen (secondary N) is 2. The van der Waals surface area contributed by atoms with Crippen molar-refractivity contribution in [3.63, 3.8) is 0 Å². The minimum absolute atomic E-state index is 0.252. The Morgan fingerprint density at radius 3 is 3.04 bits per heavy atom.